The number of rotatable bonds is 3. The number of fused-ring (bicyclic) bond motifs is 1. The second-order valence-electron chi connectivity index (χ2n) is 7.07. The van der Waals surface area contributed by atoms with Crippen LogP contribution in [-0.2, 0) is 14.3 Å². The topological polar surface area (TPSA) is 66.4 Å². The van der Waals surface area contributed by atoms with Gasteiger partial charge in [-0.05, 0) is 36.1 Å². The van der Waals surface area contributed by atoms with Gasteiger partial charge in [0.05, 0.1) is 12.0 Å². The van der Waals surface area contributed by atoms with E-state index in [1.165, 1.54) is 0 Å². The Kier molecular flexibility index (Phi) is 3.64. The highest BCUT2D eigenvalue weighted by atomic mass is 16.5. The van der Waals surface area contributed by atoms with E-state index in [1.807, 2.05) is 48.5 Å². The number of hydrogen-bond donors (Lipinski definition) is 0. The standard InChI is InChI=1S/C21H20O4/c1-11(2)25-21(24)19-17-14-9-5-3-7-12(14)16(18(19)20(22)23)13-8-4-6-10-15(13)17/h3-11,16-19H,1-2H3,(H,22,23)/p-1/t16?,17?,18-,19-/m0/s1. The summed E-state index contributed by atoms with van der Waals surface area (Å²) in [4.78, 5) is 24.9. The fourth-order valence-electron chi connectivity index (χ4n) is 4.55. The quantitative estimate of drug-likeness (QED) is 0.807. The van der Waals surface area contributed by atoms with Gasteiger partial charge in [0.1, 0.15) is 0 Å². The molecule has 0 radical (unpaired) electrons. The Morgan fingerprint density at radius 3 is 1.60 bits per heavy atom. The van der Waals surface area contributed by atoms with Gasteiger partial charge in [-0.3, -0.25) is 4.79 Å². The molecule has 0 aliphatic heterocycles. The number of ether oxygens (including phenoxy) is 1. The molecule has 0 saturated carbocycles. The molecule has 0 unspecified atom stereocenters. The van der Waals surface area contributed by atoms with Gasteiger partial charge < -0.3 is 14.6 Å². The molecule has 4 nitrogen and oxygen atoms in total. The molecular weight excluding hydrogens is 316 g/mol. The molecule has 0 N–H and O–H groups in total. The van der Waals surface area contributed by atoms with E-state index >= 15 is 0 Å². The van der Waals surface area contributed by atoms with Crippen LogP contribution in [0, 0.1) is 11.8 Å². The normalized spacial score (nSPS) is 26.0. The number of aliphatic carboxylic acids is 1. The monoisotopic (exact) mass is 335 g/mol. The summed E-state index contributed by atoms with van der Waals surface area (Å²) in [7, 11) is 0. The second-order valence-corrected chi connectivity index (χ2v) is 7.07. The highest BCUT2D eigenvalue weighted by Gasteiger charge is 2.53. The highest BCUT2D eigenvalue weighted by Crippen LogP contribution is 2.58. The van der Waals surface area contributed by atoms with E-state index in [0.717, 1.165) is 22.3 Å². The van der Waals surface area contributed by atoms with Crippen LogP contribution in [0.2, 0.25) is 0 Å². The lowest BCUT2D eigenvalue weighted by atomic mass is 9.54. The van der Waals surface area contributed by atoms with E-state index in [-0.39, 0.29) is 17.9 Å². The summed E-state index contributed by atoms with van der Waals surface area (Å²) in [6, 6.07) is 15.6. The average molecular weight is 335 g/mol. The number of carboxylic acids is 1. The SMILES string of the molecule is CC(C)OC(=O)[C@H]1C2c3ccccc3C(c3ccccc32)[C@@H]1C(=O)[O-]. The van der Waals surface area contributed by atoms with Gasteiger partial charge in [-0.25, -0.2) is 0 Å². The fourth-order valence-corrected chi connectivity index (χ4v) is 4.55. The Bertz CT molecular complexity index is 807. The van der Waals surface area contributed by atoms with Crippen molar-refractivity contribution in [2.24, 2.45) is 11.8 Å². The first-order valence-corrected chi connectivity index (χ1v) is 8.59. The van der Waals surface area contributed by atoms with Crippen molar-refractivity contribution in [3.8, 4) is 0 Å². The average Bonchev–Trinajstić information content (AvgIpc) is 2.60. The van der Waals surface area contributed by atoms with Crippen molar-refractivity contribution in [1.82, 2.24) is 0 Å². The lowest BCUT2D eigenvalue weighted by molar-refractivity contribution is -0.314. The van der Waals surface area contributed by atoms with Gasteiger partial charge in [0.25, 0.3) is 0 Å². The molecule has 0 heterocycles. The molecule has 3 aliphatic rings. The first kappa shape index (κ1) is 15.9. The first-order chi connectivity index (χ1) is 12.0. The molecule has 5 rings (SSSR count). The molecule has 2 aromatic carbocycles. The Labute approximate surface area is 146 Å². The summed E-state index contributed by atoms with van der Waals surface area (Å²) < 4.78 is 5.42. The molecule has 2 aromatic rings. The van der Waals surface area contributed by atoms with Crippen LogP contribution in [0.25, 0.3) is 0 Å². The van der Waals surface area contributed by atoms with Gasteiger partial charge >= 0.3 is 5.97 Å². The van der Waals surface area contributed by atoms with E-state index in [4.69, 9.17) is 4.74 Å². The van der Waals surface area contributed by atoms with E-state index in [2.05, 4.69) is 0 Å². The molecule has 0 spiro atoms. The first-order valence-electron chi connectivity index (χ1n) is 8.59. The van der Waals surface area contributed by atoms with Crippen molar-refractivity contribution < 1.29 is 19.4 Å². The van der Waals surface area contributed by atoms with Crippen LogP contribution in [0.3, 0.4) is 0 Å². The van der Waals surface area contributed by atoms with Gasteiger partial charge in [0.2, 0.25) is 0 Å². The number of esters is 1. The Morgan fingerprint density at radius 2 is 1.24 bits per heavy atom. The summed E-state index contributed by atoms with van der Waals surface area (Å²) in [6.45, 7) is 3.55. The minimum Gasteiger partial charge on any atom is -0.550 e. The third kappa shape index (κ3) is 2.28. The number of carboxylic acid groups (broad SMARTS) is 1. The van der Waals surface area contributed by atoms with Crippen molar-refractivity contribution in [2.45, 2.75) is 31.8 Å². The van der Waals surface area contributed by atoms with Crippen molar-refractivity contribution in [3.63, 3.8) is 0 Å². The molecule has 0 aromatic heterocycles. The van der Waals surface area contributed by atoms with Gasteiger partial charge in [-0.15, -0.1) is 0 Å². The molecule has 0 fully saturated rings. The number of carbonyl (C=O) groups excluding carboxylic acids is 2. The Hall–Kier alpha value is -2.62. The lowest BCUT2D eigenvalue weighted by Crippen LogP contribution is -2.51. The summed E-state index contributed by atoms with van der Waals surface area (Å²) in [5.41, 5.74) is 4.01. The number of hydrogen-bond acceptors (Lipinski definition) is 4. The maximum atomic E-state index is 12.8. The minimum absolute atomic E-state index is 0.291. The summed E-state index contributed by atoms with van der Waals surface area (Å²) >= 11 is 0. The predicted molar refractivity (Wildman–Crippen MR) is 89.8 cm³/mol. The van der Waals surface area contributed by atoms with Crippen molar-refractivity contribution in [2.75, 3.05) is 0 Å². The third-order valence-electron chi connectivity index (χ3n) is 5.33. The third-order valence-corrected chi connectivity index (χ3v) is 5.33. The van der Waals surface area contributed by atoms with Crippen molar-refractivity contribution in [3.05, 3.63) is 70.8 Å². The second kappa shape index (κ2) is 5.73. The van der Waals surface area contributed by atoms with Crippen LogP contribution in [0.1, 0.15) is 47.9 Å². The summed E-state index contributed by atoms with van der Waals surface area (Å²) in [5, 5.41) is 12.0. The zero-order chi connectivity index (χ0) is 17.7. The maximum Gasteiger partial charge on any atom is 0.310 e. The molecule has 25 heavy (non-hydrogen) atoms. The molecule has 128 valence electrons. The Balaban J connectivity index is 1.95. The van der Waals surface area contributed by atoms with E-state index < -0.39 is 23.8 Å². The van der Waals surface area contributed by atoms with Crippen LogP contribution < -0.4 is 5.11 Å². The van der Waals surface area contributed by atoms with Crippen LogP contribution in [0.4, 0.5) is 0 Å². The molecular formula is C21H19O4-. The molecule has 0 saturated heterocycles. The van der Waals surface area contributed by atoms with Crippen LogP contribution in [0.5, 0.6) is 0 Å². The molecule has 2 bridgehead atoms. The van der Waals surface area contributed by atoms with Gasteiger partial charge in [-0.1, -0.05) is 48.5 Å². The van der Waals surface area contributed by atoms with Crippen LogP contribution in [-0.4, -0.2) is 18.0 Å². The molecule has 0 amide bonds. The van der Waals surface area contributed by atoms with Gasteiger partial charge in [0, 0.05) is 23.7 Å². The van der Waals surface area contributed by atoms with Crippen LogP contribution >= 0.6 is 0 Å². The van der Waals surface area contributed by atoms with Crippen LogP contribution in [0.15, 0.2) is 48.5 Å². The van der Waals surface area contributed by atoms with Crippen molar-refractivity contribution >= 4 is 11.9 Å². The minimum atomic E-state index is -1.19. The zero-order valence-corrected chi connectivity index (χ0v) is 14.1. The maximum absolute atomic E-state index is 12.8. The Morgan fingerprint density at radius 1 is 0.840 bits per heavy atom. The number of benzene rings is 2. The van der Waals surface area contributed by atoms with E-state index in [0.29, 0.717) is 0 Å². The largest absolute Gasteiger partial charge is 0.550 e. The van der Waals surface area contributed by atoms with Crippen molar-refractivity contribution in [1.29, 1.82) is 0 Å². The molecule has 4 heteroatoms. The van der Waals surface area contributed by atoms with E-state index in [1.54, 1.807) is 13.8 Å². The smallest absolute Gasteiger partial charge is 0.310 e. The molecule has 2 atom stereocenters. The fraction of sp³-hybridized carbons (Fsp3) is 0.333. The van der Waals surface area contributed by atoms with Gasteiger partial charge in [-0.2, -0.15) is 0 Å². The zero-order valence-electron chi connectivity index (χ0n) is 14.1. The summed E-state index contributed by atoms with van der Waals surface area (Å²) in [6.07, 6.45) is -0.291. The molecule has 3 aliphatic carbocycles. The lowest BCUT2D eigenvalue weighted by Gasteiger charge is -2.50. The van der Waals surface area contributed by atoms with Gasteiger partial charge in [0.15, 0.2) is 0 Å². The number of carbonyl (C=O) groups is 2. The summed E-state index contributed by atoms with van der Waals surface area (Å²) in [5.74, 6) is -4.02. The highest BCUT2D eigenvalue weighted by molar-refractivity contribution is 5.86. The predicted octanol–water partition coefficient (Wildman–Crippen LogP) is 2.21. The van der Waals surface area contributed by atoms with E-state index in [9.17, 15) is 14.7 Å².